The van der Waals surface area contributed by atoms with Gasteiger partial charge in [-0.3, -0.25) is 9.59 Å². The Morgan fingerprint density at radius 3 is 2.30 bits per heavy atom. The van der Waals surface area contributed by atoms with E-state index in [9.17, 15) is 9.59 Å². The lowest BCUT2D eigenvalue weighted by atomic mass is 10.2. The van der Waals surface area contributed by atoms with Crippen molar-refractivity contribution in [2.24, 2.45) is 0 Å². The zero-order valence-corrected chi connectivity index (χ0v) is 18.2. The molecule has 1 aliphatic heterocycles. The normalized spacial score (nSPS) is 13.9. The Bertz CT molecular complexity index is 1180. The second-order valence-electron chi connectivity index (χ2n) is 6.65. The van der Waals surface area contributed by atoms with Crippen LogP contribution in [0.4, 0.5) is 11.4 Å². The highest BCUT2D eigenvalue weighted by molar-refractivity contribution is 8.04. The molecule has 0 fully saturated rings. The van der Waals surface area contributed by atoms with Crippen LogP contribution < -0.4 is 10.2 Å². The Hall–Kier alpha value is -2.73. The third-order valence-electron chi connectivity index (χ3n) is 4.46. The van der Waals surface area contributed by atoms with Crippen LogP contribution in [-0.4, -0.2) is 11.8 Å². The topological polar surface area (TPSA) is 49.4 Å². The predicted molar refractivity (Wildman–Crippen MR) is 123 cm³/mol. The van der Waals surface area contributed by atoms with Crippen LogP contribution in [0, 0.1) is 6.92 Å². The Labute approximate surface area is 188 Å². The number of hydrogen-bond donors (Lipinski definition) is 1. The quantitative estimate of drug-likeness (QED) is 0.460. The van der Waals surface area contributed by atoms with Crippen LogP contribution in [0.15, 0.2) is 88.3 Å². The van der Waals surface area contributed by atoms with Crippen LogP contribution >= 0.6 is 35.0 Å². The van der Waals surface area contributed by atoms with Gasteiger partial charge < -0.3 is 5.32 Å². The van der Waals surface area contributed by atoms with Gasteiger partial charge in [-0.15, -0.1) is 0 Å². The van der Waals surface area contributed by atoms with Crippen molar-refractivity contribution >= 4 is 58.2 Å². The molecule has 2 amide bonds. The minimum atomic E-state index is -0.453. The van der Waals surface area contributed by atoms with Crippen molar-refractivity contribution in [3.05, 3.63) is 99.0 Å². The van der Waals surface area contributed by atoms with Crippen LogP contribution in [0.2, 0.25) is 10.0 Å². The van der Waals surface area contributed by atoms with Gasteiger partial charge in [0.25, 0.3) is 11.8 Å². The summed E-state index contributed by atoms with van der Waals surface area (Å²) in [5.41, 5.74) is 2.32. The molecule has 4 rings (SSSR count). The maximum absolute atomic E-state index is 13.3. The summed E-state index contributed by atoms with van der Waals surface area (Å²) < 4.78 is 0. The molecule has 1 N–H and O–H groups in total. The molecule has 7 heteroatoms. The molecule has 0 unspecified atom stereocenters. The Kier molecular flexibility index (Phi) is 5.86. The lowest BCUT2D eigenvalue weighted by molar-refractivity contribution is -0.120. The number of carbonyl (C=O) groups excluding carboxylic acids is 2. The Morgan fingerprint density at radius 2 is 1.60 bits per heavy atom. The van der Waals surface area contributed by atoms with Gasteiger partial charge in [-0.25, -0.2) is 4.90 Å². The first-order chi connectivity index (χ1) is 14.4. The van der Waals surface area contributed by atoms with E-state index in [1.807, 2.05) is 31.2 Å². The number of thioether (sulfide) groups is 1. The van der Waals surface area contributed by atoms with E-state index in [0.29, 0.717) is 20.6 Å². The highest BCUT2D eigenvalue weighted by atomic mass is 35.5. The number of carbonyl (C=O) groups is 2. The lowest BCUT2D eigenvalue weighted by Gasteiger charge is -2.16. The summed E-state index contributed by atoms with van der Waals surface area (Å²) in [6.45, 7) is 1.96. The maximum atomic E-state index is 13.3. The van der Waals surface area contributed by atoms with E-state index in [2.05, 4.69) is 5.32 Å². The maximum Gasteiger partial charge on any atom is 0.283 e. The first kappa shape index (κ1) is 20.5. The monoisotopic (exact) mass is 454 g/mol. The molecule has 30 heavy (non-hydrogen) atoms. The molecule has 3 aromatic carbocycles. The second-order valence-corrected chi connectivity index (χ2v) is 8.58. The molecular weight excluding hydrogens is 439 g/mol. The predicted octanol–water partition coefficient (Wildman–Crippen LogP) is 6.29. The van der Waals surface area contributed by atoms with Gasteiger partial charge in [0.15, 0.2) is 0 Å². The fourth-order valence-electron chi connectivity index (χ4n) is 3.05. The first-order valence-electron chi connectivity index (χ1n) is 9.09. The van der Waals surface area contributed by atoms with Crippen molar-refractivity contribution in [1.29, 1.82) is 0 Å². The number of imide groups is 1. The summed E-state index contributed by atoms with van der Waals surface area (Å²) in [5.74, 6) is -0.880. The molecule has 0 saturated carbocycles. The number of nitrogens with one attached hydrogen (secondary N) is 1. The molecule has 0 aromatic heterocycles. The van der Waals surface area contributed by atoms with Gasteiger partial charge in [0.1, 0.15) is 10.6 Å². The van der Waals surface area contributed by atoms with Crippen LogP contribution in [-0.2, 0) is 9.59 Å². The van der Waals surface area contributed by atoms with E-state index in [-0.39, 0.29) is 5.70 Å². The third-order valence-corrected chi connectivity index (χ3v) is 6.12. The Balaban J connectivity index is 1.76. The van der Waals surface area contributed by atoms with E-state index in [0.717, 1.165) is 21.0 Å². The first-order valence-corrected chi connectivity index (χ1v) is 10.7. The van der Waals surface area contributed by atoms with Crippen molar-refractivity contribution in [2.75, 3.05) is 10.2 Å². The van der Waals surface area contributed by atoms with Gasteiger partial charge in [0.2, 0.25) is 0 Å². The molecular formula is C23H16Cl2N2O2S. The number of aryl methyl sites for hydroxylation is 1. The van der Waals surface area contributed by atoms with Crippen LogP contribution in [0.3, 0.4) is 0 Å². The van der Waals surface area contributed by atoms with E-state index in [1.54, 1.807) is 48.5 Å². The molecule has 3 aromatic rings. The highest BCUT2D eigenvalue weighted by Gasteiger charge is 2.41. The van der Waals surface area contributed by atoms with E-state index in [4.69, 9.17) is 23.2 Å². The summed E-state index contributed by atoms with van der Waals surface area (Å²) >= 11 is 13.5. The SMILES string of the molecule is Cc1cccc(NC2=C(Sc3ccc(Cl)cc3)C(=O)N(c3ccccc3Cl)C2=O)c1. The van der Waals surface area contributed by atoms with Crippen molar-refractivity contribution in [2.45, 2.75) is 11.8 Å². The van der Waals surface area contributed by atoms with Crippen LogP contribution in [0.5, 0.6) is 0 Å². The number of halogens is 2. The van der Waals surface area contributed by atoms with E-state index < -0.39 is 11.8 Å². The van der Waals surface area contributed by atoms with Crippen LogP contribution in [0.1, 0.15) is 5.56 Å². The summed E-state index contributed by atoms with van der Waals surface area (Å²) in [6, 6.07) is 21.5. The van der Waals surface area contributed by atoms with Crippen molar-refractivity contribution < 1.29 is 9.59 Å². The second kappa shape index (κ2) is 8.56. The van der Waals surface area contributed by atoms with E-state index in [1.165, 1.54) is 11.8 Å². The average molecular weight is 455 g/mol. The van der Waals surface area contributed by atoms with Gasteiger partial charge in [-0.1, -0.05) is 59.2 Å². The molecule has 0 atom stereocenters. The third kappa shape index (κ3) is 4.10. The number of anilines is 2. The summed E-state index contributed by atoms with van der Waals surface area (Å²) in [6.07, 6.45) is 0. The zero-order valence-electron chi connectivity index (χ0n) is 15.9. The molecule has 1 heterocycles. The molecule has 0 spiro atoms. The van der Waals surface area contributed by atoms with E-state index >= 15 is 0 Å². The zero-order chi connectivity index (χ0) is 21.3. The molecule has 0 saturated heterocycles. The molecule has 0 bridgehead atoms. The minimum absolute atomic E-state index is 0.213. The standard InChI is InChI=1S/C23H16Cl2N2O2S/c1-14-5-4-6-16(13-14)26-20-21(30-17-11-9-15(24)10-12-17)23(29)27(22(20)28)19-8-3-2-7-18(19)25/h2-13,26H,1H3. The van der Waals surface area contributed by atoms with Crippen molar-refractivity contribution in [1.82, 2.24) is 0 Å². The van der Waals surface area contributed by atoms with Gasteiger partial charge in [-0.2, -0.15) is 0 Å². The van der Waals surface area contributed by atoms with Crippen molar-refractivity contribution in [3.63, 3.8) is 0 Å². The van der Waals surface area contributed by atoms with Crippen LogP contribution in [0.25, 0.3) is 0 Å². The van der Waals surface area contributed by atoms with Gasteiger partial charge >= 0.3 is 0 Å². The lowest BCUT2D eigenvalue weighted by Crippen LogP contribution is -2.32. The average Bonchev–Trinajstić information content (AvgIpc) is 2.94. The number of nitrogens with zero attached hydrogens (tertiary/aromatic N) is 1. The largest absolute Gasteiger partial charge is 0.350 e. The number of para-hydroxylation sites is 1. The smallest absolute Gasteiger partial charge is 0.283 e. The van der Waals surface area contributed by atoms with Crippen molar-refractivity contribution in [3.8, 4) is 0 Å². The fourth-order valence-corrected chi connectivity index (χ4v) is 4.33. The number of benzene rings is 3. The van der Waals surface area contributed by atoms with Gasteiger partial charge in [0, 0.05) is 15.6 Å². The number of hydrogen-bond acceptors (Lipinski definition) is 4. The summed E-state index contributed by atoms with van der Waals surface area (Å²) in [5, 5.41) is 4.06. The molecule has 0 radical (unpaired) electrons. The van der Waals surface area contributed by atoms with Gasteiger partial charge in [-0.05, 0) is 61.0 Å². The number of amides is 2. The molecule has 4 nitrogen and oxygen atoms in total. The Morgan fingerprint density at radius 1 is 0.867 bits per heavy atom. The molecule has 150 valence electrons. The summed E-state index contributed by atoms with van der Waals surface area (Å²) in [7, 11) is 0. The highest BCUT2D eigenvalue weighted by Crippen LogP contribution is 2.39. The molecule has 0 aliphatic carbocycles. The number of rotatable bonds is 5. The minimum Gasteiger partial charge on any atom is -0.350 e. The summed E-state index contributed by atoms with van der Waals surface area (Å²) in [4.78, 5) is 28.8. The fraction of sp³-hybridized carbons (Fsp3) is 0.0435. The van der Waals surface area contributed by atoms with Gasteiger partial charge in [0.05, 0.1) is 10.7 Å². The molecule has 1 aliphatic rings.